The van der Waals surface area contributed by atoms with Gasteiger partial charge in [-0.25, -0.2) is 0 Å². The summed E-state index contributed by atoms with van der Waals surface area (Å²) in [6.07, 6.45) is 0.608. The highest BCUT2D eigenvalue weighted by molar-refractivity contribution is 5.99. The molecule has 1 atom stereocenters. The summed E-state index contributed by atoms with van der Waals surface area (Å²) in [5.74, 6) is -0.198. The predicted octanol–water partition coefficient (Wildman–Crippen LogP) is 0.225. The third-order valence-electron chi connectivity index (χ3n) is 3.37. The largest absolute Gasteiger partial charge is 0.497 e. The van der Waals surface area contributed by atoms with E-state index in [1.54, 1.807) is 23.1 Å². The van der Waals surface area contributed by atoms with Gasteiger partial charge in [-0.1, -0.05) is 0 Å². The summed E-state index contributed by atoms with van der Waals surface area (Å²) in [5.41, 5.74) is 11.9. The minimum absolute atomic E-state index is 0.177. The lowest BCUT2D eigenvalue weighted by atomic mass is 10.1. The maximum Gasteiger partial charge on any atom is 0.255 e. The zero-order chi connectivity index (χ0) is 14.0. The molecule has 0 aliphatic carbocycles. The lowest BCUT2D eigenvalue weighted by Gasteiger charge is -2.17. The first-order chi connectivity index (χ1) is 9.02. The number of nitrogen functional groups attached to an aromatic ring is 1. The normalized spacial score (nSPS) is 18.4. The molecule has 4 N–H and O–H groups in total. The second kappa shape index (κ2) is 5.17. The molecule has 6 nitrogen and oxygen atoms in total. The fourth-order valence-corrected chi connectivity index (χ4v) is 2.21. The Bertz CT molecular complexity index is 516. The van der Waals surface area contributed by atoms with Crippen LogP contribution in [0.3, 0.4) is 0 Å². The van der Waals surface area contributed by atoms with E-state index in [0.717, 1.165) is 0 Å². The van der Waals surface area contributed by atoms with Gasteiger partial charge in [-0.05, 0) is 18.6 Å². The smallest absolute Gasteiger partial charge is 0.255 e. The van der Waals surface area contributed by atoms with Gasteiger partial charge in [-0.2, -0.15) is 0 Å². The minimum Gasteiger partial charge on any atom is -0.497 e. The Labute approximate surface area is 111 Å². The number of nitrogens with zero attached hydrogens (tertiary/aromatic N) is 1. The van der Waals surface area contributed by atoms with Crippen LogP contribution in [0.2, 0.25) is 0 Å². The van der Waals surface area contributed by atoms with E-state index < -0.39 is 0 Å². The second-order valence-corrected chi connectivity index (χ2v) is 4.59. The molecule has 1 aliphatic rings. The van der Waals surface area contributed by atoms with Crippen molar-refractivity contribution in [2.45, 2.75) is 6.42 Å². The Morgan fingerprint density at radius 1 is 1.42 bits per heavy atom. The fraction of sp³-hybridized carbons (Fsp3) is 0.385. The molecule has 1 aromatic rings. The molecule has 0 radical (unpaired) electrons. The molecule has 0 spiro atoms. The van der Waals surface area contributed by atoms with Gasteiger partial charge in [-0.15, -0.1) is 0 Å². The van der Waals surface area contributed by atoms with Crippen molar-refractivity contribution < 1.29 is 14.3 Å². The summed E-state index contributed by atoms with van der Waals surface area (Å²) in [6, 6.07) is 4.92. The first kappa shape index (κ1) is 13.2. The molecule has 2 amide bonds. The number of nitrogens with two attached hydrogens (primary N) is 2. The van der Waals surface area contributed by atoms with Crippen LogP contribution in [0.15, 0.2) is 18.2 Å². The molecule has 1 heterocycles. The van der Waals surface area contributed by atoms with Crippen LogP contribution in [0.4, 0.5) is 5.69 Å². The van der Waals surface area contributed by atoms with Crippen LogP contribution in [0.25, 0.3) is 0 Å². The average molecular weight is 263 g/mol. The molecular formula is C13H17N3O3. The minimum atomic E-state index is -0.363. The Morgan fingerprint density at radius 3 is 2.68 bits per heavy atom. The van der Waals surface area contributed by atoms with Gasteiger partial charge in [0.1, 0.15) is 5.75 Å². The van der Waals surface area contributed by atoms with Crippen LogP contribution in [0, 0.1) is 5.92 Å². The van der Waals surface area contributed by atoms with Gasteiger partial charge in [0.15, 0.2) is 0 Å². The Morgan fingerprint density at radius 2 is 2.16 bits per heavy atom. The lowest BCUT2D eigenvalue weighted by Crippen LogP contribution is -2.32. The number of hydrogen-bond donors (Lipinski definition) is 2. The molecule has 1 saturated heterocycles. The van der Waals surface area contributed by atoms with E-state index in [9.17, 15) is 9.59 Å². The van der Waals surface area contributed by atoms with Crippen LogP contribution in [0.1, 0.15) is 16.8 Å². The van der Waals surface area contributed by atoms with E-state index in [1.807, 2.05) is 0 Å². The number of amides is 2. The number of ether oxygens (including phenoxy) is 1. The van der Waals surface area contributed by atoms with Gasteiger partial charge in [0.2, 0.25) is 5.91 Å². The van der Waals surface area contributed by atoms with Gasteiger partial charge in [0, 0.05) is 24.8 Å². The van der Waals surface area contributed by atoms with E-state index >= 15 is 0 Å². The standard InChI is InChI=1S/C13H17N3O3/c1-19-9-2-3-10(11(14)6-9)13(18)16-5-4-8(7-16)12(15)17/h2-3,6,8H,4-5,7,14H2,1H3,(H2,15,17). The molecule has 102 valence electrons. The molecule has 0 saturated carbocycles. The molecule has 0 aromatic heterocycles. The SMILES string of the molecule is COc1ccc(C(=O)N2CCC(C(N)=O)C2)c(N)c1. The first-order valence-electron chi connectivity index (χ1n) is 6.05. The van der Waals surface area contributed by atoms with Gasteiger partial charge >= 0.3 is 0 Å². The van der Waals surface area contributed by atoms with Crippen molar-refractivity contribution in [3.63, 3.8) is 0 Å². The molecular weight excluding hydrogens is 246 g/mol. The van der Waals surface area contributed by atoms with Gasteiger partial charge in [0.25, 0.3) is 5.91 Å². The summed E-state index contributed by atoms with van der Waals surface area (Å²) >= 11 is 0. The van der Waals surface area contributed by atoms with Crippen LogP contribution < -0.4 is 16.2 Å². The van der Waals surface area contributed by atoms with E-state index in [1.165, 1.54) is 7.11 Å². The predicted molar refractivity (Wildman–Crippen MR) is 70.6 cm³/mol. The number of likely N-dealkylation sites (tertiary alicyclic amines) is 1. The van der Waals surface area contributed by atoms with E-state index in [0.29, 0.717) is 36.5 Å². The number of primary amides is 1. The zero-order valence-electron chi connectivity index (χ0n) is 10.8. The summed E-state index contributed by atoms with van der Waals surface area (Å²) in [6.45, 7) is 0.886. The van der Waals surface area contributed by atoms with Crippen molar-refractivity contribution in [3.8, 4) is 5.75 Å². The number of anilines is 1. The molecule has 0 bridgehead atoms. The van der Waals surface area contributed by atoms with Crippen LogP contribution in [-0.2, 0) is 4.79 Å². The van der Waals surface area contributed by atoms with Crippen molar-refractivity contribution in [1.82, 2.24) is 4.90 Å². The number of rotatable bonds is 3. The average Bonchev–Trinajstić information content (AvgIpc) is 2.87. The Kier molecular flexibility index (Phi) is 3.59. The molecule has 1 aliphatic heterocycles. The number of carbonyl (C=O) groups excluding carboxylic acids is 2. The van der Waals surface area contributed by atoms with Crippen molar-refractivity contribution in [2.24, 2.45) is 11.7 Å². The van der Waals surface area contributed by atoms with E-state index in [2.05, 4.69) is 0 Å². The Hall–Kier alpha value is -2.24. The van der Waals surface area contributed by atoms with Crippen molar-refractivity contribution in [3.05, 3.63) is 23.8 Å². The van der Waals surface area contributed by atoms with Gasteiger partial charge < -0.3 is 21.1 Å². The summed E-state index contributed by atoms with van der Waals surface area (Å²) in [4.78, 5) is 25.0. The summed E-state index contributed by atoms with van der Waals surface area (Å²) < 4.78 is 5.04. The monoisotopic (exact) mass is 263 g/mol. The molecule has 1 unspecified atom stereocenters. The Balaban J connectivity index is 2.14. The van der Waals surface area contributed by atoms with Crippen molar-refractivity contribution in [1.29, 1.82) is 0 Å². The highest BCUT2D eigenvalue weighted by Crippen LogP contribution is 2.24. The quantitative estimate of drug-likeness (QED) is 0.762. The fourth-order valence-electron chi connectivity index (χ4n) is 2.21. The van der Waals surface area contributed by atoms with E-state index in [-0.39, 0.29) is 17.7 Å². The third kappa shape index (κ3) is 2.62. The molecule has 2 rings (SSSR count). The topological polar surface area (TPSA) is 98.6 Å². The maximum atomic E-state index is 12.3. The highest BCUT2D eigenvalue weighted by atomic mass is 16.5. The molecule has 1 aromatic carbocycles. The number of benzene rings is 1. The van der Waals surface area contributed by atoms with Crippen molar-refractivity contribution in [2.75, 3.05) is 25.9 Å². The summed E-state index contributed by atoms with van der Waals surface area (Å²) in [5, 5.41) is 0. The second-order valence-electron chi connectivity index (χ2n) is 4.59. The highest BCUT2D eigenvalue weighted by Gasteiger charge is 2.30. The molecule has 1 fully saturated rings. The molecule has 6 heteroatoms. The number of methoxy groups -OCH3 is 1. The van der Waals surface area contributed by atoms with Crippen LogP contribution >= 0.6 is 0 Å². The third-order valence-corrected chi connectivity index (χ3v) is 3.37. The molecule has 19 heavy (non-hydrogen) atoms. The number of hydrogen-bond acceptors (Lipinski definition) is 4. The van der Waals surface area contributed by atoms with E-state index in [4.69, 9.17) is 16.2 Å². The van der Waals surface area contributed by atoms with Crippen LogP contribution in [-0.4, -0.2) is 36.9 Å². The van der Waals surface area contributed by atoms with Gasteiger partial charge in [-0.3, -0.25) is 9.59 Å². The first-order valence-corrected chi connectivity index (χ1v) is 6.05. The zero-order valence-corrected chi connectivity index (χ0v) is 10.8. The lowest BCUT2D eigenvalue weighted by molar-refractivity contribution is -0.121. The van der Waals surface area contributed by atoms with Crippen molar-refractivity contribution >= 4 is 17.5 Å². The van der Waals surface area contributed by atoms with Crippen LogP contribution in [0.5, 0.6) is 5.75 Å². The maximum absolute atomic E-state index is 12.3. The van der Waals surface area contributed by atoms with Gasteiger partial charge in [0.05, 0.1) is 18.6 Å². The summed E-state index contributed by atoms with van der Waals surface area (Å²) in [7, 11) is 1.54. The number of carbonyl (C=O) groups is 2.